The van der Waals surface area contributed by atoms with E-state index in [-0.39, 0.29) is 55.0 Å². The molecule has 3 aromatic heterocycles. The summed E-state index contributed by atoms with van der Waals surface area (Å²) in [7, 11) is -4.00. The van der Waals surface area contributed by atoms with E-state index < -0.39 is 38.3 Å². The van der Waals surface area contributed by atoms with Crippen LogP contribution in [0.3, 0.4) is 0 Å². The van der Waals surface area contributed by atoms with Crippen molar-refractivity contribution in [1.82, 2.24) is 34.5 Å². The number of nitrogens with one attached hydrogen (secondary N) is 2. The van der Waals surface area contributed by atoms with Gasteiger partial charge >= 0.3 is 6.18 Å². The van der Waals surface area contributed by atoms with E-state index in [1.54, 1.807) is 6.92 Å². The molecule has 0 aromatic carbocycles. The summed E-state index contributed by atoms with van der Waals surface area (Å²) in [5.74, 6) is -0.563. The van der Waals surface area contributed by atoms with Gasteiger partial charge in [-0.3, -0.25) is 9.20 Å². The normalized spacial score (nSPS) is 20.7. The Kier molecular flexibility index (Phi) is 5.95. The summed E-state index contributed by atoms with van der Waals surface area (Å²) in [6, 6.07) is 1.49. The third-order valence-electron chi connectivity index (χ3n) is 7.25. The number of piperazine rings is 1. The minimum Gasteiger partial charge on any atom is -0.366 e. The third kappa shape index (κ3) is 4.74. The number of halogens is 4. The first kappa shape index (κ1) is 26.3. The number of amides is 1. The molecule has 0 atom stereocenters. The Morgan fingerprint density at radius 1 is 1.15 bits per heavy atom. The maximum absolute atomic E-state index is 14.6. The topological polar surface area (TPSA) is 125 Å². The van der Waals surface area contributed by atoms with Gasteiger partial charge in [-0.1, -0.05) is 11.3 Å². The van der Waals surface area contributed by atoms with E-state index >= 15 is 0 Å². The molecule has 39 heavy (non-hydrogen) atoms. The van der Waals surface area contributed by atoms with Crippen LogP contribution in [0.25, 0.3) is 16.3 Å². The van der Waals surface area contributed by atoms with Crippen LogP contribution in [-0.2, 0) is 21.0 Å². The first-order valence-corrected chi connectivity index (χ1v) is 14.5. The second kappa shape index (κ2) is 8.81. The van der Waals surface area contributed by atoms with Crippen molar-refractivity contribution in [3.63, 3.8) is 0 Å². The van der Waals surface area contributed by atoms with Crippen molar-refractivity contribution < 1.29 is 30.8 Å². The van der Waals surface area contributed by atoms with E-state index in [0.29, 0.717) is 35.4 Å². The second-order valence-electron chi connectivity index (χ2n) is 10.3. The summed E-state index contributed by atoms with van der Waals surface area (Å²) in [4.78, 5) is 20.1. The highest BCUT2D eigenvalue weighted by Crippen LogP contribution is 2.38. The number of imidazole rings is 1. The van der Waals surface area contributed by atoms with Gasteiger partial charge in [0.15, 0.2) is 10.8 Å². The molecule has 2 saturated heterocycles. The molecule has 0 radical (unpaired) electrons. The van der Waals surface area contributed by atoms with Crippen molar-refractivity contribution in [3.8, 4) is 10.8 Å². The van der Waals surface area contributed by atoms with Gasteiger partial charge in [0.1, 0.15) is 4.90 Å². The van der Waals surface area contributed by atoms with Gasteiger partial charge in [-0.2, -0.15) is 13.2 Å². The zero-order valence-electron chi connectivity index (χ0n) is 20.6. The van der Waals surface area contributed by atoms with E-state index in [0.717, 1.165) is 0 Å². The molecule has 1 amide bonds. The SMILES string of the molecule is CC1(NS(=O)(=O)c2cc(N3CCN(C(=O)C4(F)CNC4)CC3)c3cnc(-c4nnc(C(F)(F)F)s4)n3c2)CC1. The number of carbonyl (C=O) groups is 1. The van der Waals surface area contributed by atoms with Crippen LogP contribution in [0.1, 0.15) is 24.8 Å². The highest BCUT2D eigenvalue weighted by Gasteiger charge is 2.47. The van der Waals surface area contributed by atoms with Crippen molar-refractivity contribution in [2.45, 2.75) is 42.0 Å². The van der Waals surface area contributed by atoms with Gasteiger partial charge in [-0.05, 0) is 25.8 Å². The van der Waals surface area contributed by atoms with Gasteiger partial charge < -0.3 is 15.1 Å². The molecule has 1 saturated carbocycles. The fraction of sp³-hybridized carbons (Fsp3) is 0.545. The van der Waals surface area contributed by atoms with Gasteiger partial charge in [-0.25, -0.2) is 22.5 Å². The first-order chi connectivity index (χ1) is 18.3. The zero-order valence-corrected chi connectivity index (χ0v) is 22.3. The largest absolute Gasteiger partial charge is 0.445 e. The lowest BCUT2D eigenvalue weighted by molar-refractivity contribution is -0.147. The van der Waals surface area contributed by atoms with Crippen molar-refractivity contribution in [2.24, 2.45) is 0 Å². The van der Waals surface area contributed by atoms with Gasteiger partial charge in [0.25, 0.3) is 5.91 Å². The number of hydrogen-bond donors (Lipinski definition) is 2. The smallest absolute Gasteiger partial charge is 0.366 e. The van der Waals surface area contributed by atoms with Gasteiger partial charge in [0.2, 0.25) is 20.7 Å². The lowest BCUT2D eigenvalue weighted by atomic mass is 9.97. The molecule has 3 aromatic rings. The second-order valence-corrected chi connectivity index (χ2v) is 13.0. The lowest BCUT2D eigenvalue weighted by Crippen LogP contribution is -2.66. The minimum absolute atomic E-state index is 0.0135. The molecule has 210 valence electrons. The quantitative estimate of drug-likeness (QED) is 0.417. The molecular formula is C22H24F4N8O3S2. The zero-order chi connectivity index (χ0) is 27.8. The van der Waals surface area contributed by atoms with E-state index in [2.05, 4.69) is 25.2 Å². The molecule has 6 rings (SSSR count). The Morgan fingerprint density at radius 3 is 2.41 bits per heavy atom. The Morgan fingerprint density at radius 2 is 1.85 bits per heavy atom. The molecule has 1 aliphatic carbocycles. The number of aromatic nitrogens is 4. The maximum atomic E-state index is 14.6. The van der Waals surface area contributed by atoms with Crippen LogP contribution in [0.5, 0.6) is 0 Å². The number of fused-ring (bicyclic) bond motifs is 1. The van der Waals surface area contributed by atoms with Crippen LogP contribution in [-0.4, -0.2) is 89.3 Å². The van der Waals surface area contributed by atoms with Crippen LogP contribution in [0.4, 0.5) is 23.2 Å². The summed E-state index contributed by atoms with van der Waals surface area (Å²) >= 11 is 0.307. The Hall–Kier alpha value is -2.89. The molecule has 2 N–H and O–H groups in total. The average Bonchev–Trinajstić information content (AvgIpc) is 3.25. The standard InChI is InChI=1S/C22H24F4N8O3S2/c1-20(2-3-20)31-39(36,37)13-8-14(32-4-6-33(7-5-32)19(35)21(23)11-27-12-21)15-9-28-16(34(15)10-13)17-29-30-18(38-17)22(24,25)26/h8-10,27,31H,2-7,11-12H2,1H3. The first-order valence-electron chi connectivity index (χ1n) is 12.2. The van der Waals surface area contributed by atoms with Crippen LogP contribution in [0, 0.1) is 0 Å². The summed E-state index contributed by atoms with van der Waals surface area (Å²) in [5.41, 5.74) is -1.57. The summed E-state index contributed by atoms with van der Waals surface area (Å²) in [5, 5.41) is 8.37. The number of hydrogen-bond acceptors (Lipinski definition) is 9. The molecule has 0 spiro atoms. The van der Waals surface area contributed by atoms with Crippen molar-refractivity contribution in [3.05, 3.63) is 23.5 Å². The molecule has 0 unspecified atom stereocenters. The van der Waals surface area contributed by atoms with Gasteiger partial charge in [0, 0.05) is 51.0 Å². The van der Waals surface area contributed by atoms with Crippen molar-refractivity contribution in [2.75, 3.05) is 44.2 Å². The Balaban J connectivity index is 1.38. The number of carbonyl (C=O) groups excluding carboxylic acids is 1. The monoisotopic (exact) mass is 588 g/mol. The van der Waals surface area contributed by atoms with Gasteiger partial charge in [0.05, 0.1) is 17.4 Å². The molecular weight excluding hydrogens is 564 g/mol. The predicted molar refractivity (Wildman–Crippen MR) is 133 cm³/mol. The van der Waals surface area contributed by atoms with Crippen molar-refractivity contribution in [1.29, 1.82) is 0 Å². The van der Waals surface area contributed by atoms with Crippen LogP contribution >= 0.6 is 11.3 Å². The summed E-state index contributed by atoms with van der Waals surface area (Å²) < 4.78 is 84.9. The van der Waals surface area contributed by atoms with Crippen molar-refractivity contribution >= 4 is 38.5 Å². The summed E-state index contributed by atoms with van der Waals surface area (Å²) in [6.45, 7) is 2.75. The number of nitrogens with zero attached hydrogens (tertiary/aromatic N) is 6. The van der Waals surface area contributed by atoms with Crippen LogP contribution in [0.15, 0.2) is 23.4 Å². The van der Waals surface area contributed by atoms with E-state index in [9.17, 15) is 30.8 Å². The minimum atomic E-state index is -4.68. The van der Waals surface area contributed by atoms with E-state index in [1.165, 1.54) is 27.8 Å². The van der Waals surface area contributed by atoms with E-state index in [4.69, 9.17) is 0 Å². The molecule has 3 fully saturated rings. The summed E-state index contributed by atoms with van der Waals surface area (Å²) in [6.07, 6.45) is -0.578. The molecule has 2 aliphatic heterocycles. The lowest BCUT2D eigenvalue weighted by Gasteiger charge is -2.42. The number of alkyl halides is 4. The van der Waals surface area contributed by atoms with Gasteiger partial charge in [-0.15, -0.1) is 10.2 Å². The molecule has 3 aliphatic rings. The fourth-order valence-corrected chi connectivity index (χ4v) is 6.83. The number of pyridine rings is 1. The predicted octanol–water partition coefficient (Wildman–Crippen LogP) is 1.66. The Bertz CT molecular complexity index is 1550. The number of rotatable bonds is 6. The van der Waals surface area contributed by atoms with Crippen LogP contribution in [0.2, 0.25) is 0 Å². The molecule has 5 heterocycles. The Labute approximate surface area is 224 Å². The number of sulfonamides is 1. The molecule has 11 nitrogen and oxygen atoms in total. The highest BCUT2D eigenvalue weighted by molar-refractivity contribution is 7.89. The third-order valence-corrected chi connectivity index (χ3v) is 9.82. The molecule has 0 bridgehead atoms. The van der Waals surface area contributed by atoms with E-state index in [1.807, 2.05) is 4.90 Å². The maximum Gasteiger partial charge on any atom is 0.445 e. The highest BCUT2D eigenvalue weighted by atomic mass is 32.2. The fourth-order valence-electron chi connectivity index (χ4n) is 4.64. The molecule has 17 heteroatoms. The average molecular weight is 589 g/mol. The number of anilines is 1. The van der Waals surface area contributed by atoms with Crippen LogP contribution < -0.4 is 14.9 Å².